The zero-order valence-electron chi connectivity index (χ0n) is 17.2. The van der Waals surface area contributed by atoms with Gasteiger partial charge in [0.1, 0.15) is 0 Å². The molecule has 0 spiro atoms. The number of rotatable bonds is 4. The Morgan fingerprint density at radius 1 is 1.14 bits per heavy atom. The van der Waals surface area contributed by atoms with Crippen molar-refractivity contribution in [2.45, 2.75) is 52.5 Å². The number of likely N-dealkylation sites (tertiary alicyclic amines) is 1. The van der Waals surface area contributed by atoms with Gasteiger partial charge < -0.3 is 19.7 Å². The number of nitrogens with zero attached hydrogens (tertiary/aromatic N) is 1. The zero-order valence-corrected chi connectivity index (χ0v) is 17.2. The molecule has 0 aromatic heterocycles. The Balaban J connectivity index is 1.49. The van der Waals surface area contributed by atoms with Crippen molar-refractivity contribution in [3.8, 4) is 11.5 Å². The number of ether oxygens (including phenoxy) is 2. The van der Waals surface area contributed by atoms with Crippen LogP contribution in [0.15, 0.2) is 12.1 Å². The smallest absolute Gasteiger partial charge is 0.231 e. The van der Waals surface area contributed by atoms with E-state index in [1.807, 2.05) is 4.90 Å². The molecule has 2 amide bonds. The Labute approximate surface area is 170 Å². The van der Waals surface area contributed by atoms with E-state index in [1.54, 1.807) is 12.1 Å². The number of Topliss-reactive ketones (excluding diaryl/α,β-unsaturated/α-hetero) is 1. The van der Waals surface area contributed by atoms with E-state index in [-0.39, 0.29) is 36.9 Å². The maximum atomic E-state index is 12.9. The van der Waals surface area contributed by atoms with Gasteiger partial charge in [0.15, 0.2) is 17.3 Å². The van der Waals surface area contributed by atoms with E-state index in [2.05, 4.69) is 19.2 Å². The normalized spacial score (nSPS) is 28.5. The number of hydrogen-bond donors (Lipinski definition) is 1. The van der Waals surface area contributed by atoms with Crippen LogP contribution in [-0.4, -0.2) is 41.9 Å². The first-order chi connectivity index (χ1) is 13.8. The third-order valence-corrected chi connectivity index (χ3v) is 6.74. The topological polar surface area (TPSA) is 84.9 Å². The highest BCUT2D eigenvalue weighted by Gasteiger charge is 2.41. The third kappa shape index (κ3) is 3.70. The second kappa shape index (κ2) is 7.69. The first kappa shape index (κ1) is 19.7. The van der Waals surface area contributed by atoms with Gasteiger partial charge in [-0.3, -0.25) is 14.4 Å². The number of benzene rings is 1. The molecule has 7 heteroatoms. The summed E-state index contributed by atoms with van der Waals surface area (Å²) in [5.41, 5.74) is 0.774. The molecule has 156 valence electrons. The molecule has 1 aromatic carbocycles. The summed E-state index contributed by atoms with van der Waals surface area (Å²) in [7, 11) is 0. The van der Waals surface area contributed by atoms with E-state index in [4.69, 9.17) is 9.47 Å². The third-order valence-electron chi connectivity index (χ3n) is 6.74. The van der Waals surface area contributed by atoms with Gasteiger partial charge >= 0.3 is 0 Å². The molecule has 0 bridgehead atoms. The molecule has 29 heavy (non-hydrogen) atoms. The van der Waals surface area contributed by atoms with E-state index in [0.29, 0.717) is 41.1 Å². The minimum atomic E-state index is -0.419. The molecule has 3 aliphatic rings. The number of fused-ring (bicyclic) bond motifs is 1. The van der Waals surface area contributed by atoms with Crippen LogP contribution in [0.5, 0.6) is 11.5 Å². The molecule has 2 aliphatic heterocycles. The van der Waals surface area contributed by atoms with E-state index < -0.39 is 5.92 Å². The minimum Gasteiger partial charge on any atom is -0.454 e. The summed E-state index contributed by atoms with van der Waals surface area (Å²) in [6.45, 7) is 6.42. The van der Waals surface area contributed by atoms with Crippen molar-refractivity contribution in [3.05, 3.63) is 17.7 Å². The lowest BCUT2D eigenvalue weighted by Crippen LogP contribution is -2.45. The highest BCUT2D eigenvalue weighted by atomic mass is 16.7. The Morgan fingerprint density at radius 3 is 2.59 bits per heavy atom. The molecular formula is C22H28N2O5. The molecular weight excluding hydrogens is 372 g/mol. The highest BCUT2D eigenvalue weighted by Crippen LogP contribution is 2.38. The second-order valence-corrected chi connectivity index (χ2v) is 8.58. The Morgan fingerprint density at radius 2 is 1.86 bits per heavy atom. The monoisotopic (exact) mass is 400 g/mol. The zero-order chi connectivity index (χ0) is 20.7. The molecule has 2 fully saturated rings. The molecule has 0 radical (unpaired) electrons. The summed E-state index contributed by atoms with van der Waals surface area (Å²) >= 11 is 0. The average Bonchev–Trinajstić information content (AvgIpc) is 3.29. The Kier molecular flexibility index (Phi) is 5.23. The van der Waals surface area contributed by atoms with Crippen LogP contribution in [-0.2, 0) is 9.59 Å². The number of carbonyl (C=O) groups is 3. The first-order valence-corrected chi connectivity index (χ1v) is 10.4. The minimum absolute atomic E-state index is 0.0496. The molecule has 4 rings (SSSR count). The molecule has 1 N–H and O–H groups in total. The predicted molar refractivity (Wildman–Crippen MR) is 107 cm³/mol. The van der Waals surface area contributed by atoms with Crippen molar-refractivity contribution in [1.82, 2.24) is 4.90 Å². The molecule has 2 heterocycles. The highest BCUT2D eigenvalue weighted by molar-refractivity contribution is 6.06. The number of carbonyl (C=O) groups excluding carboxylic acids is 3. The van der Waals surface area contributed by atoms with Crippen LogP contribution in [0.25, 0.3) is 0 Å². The average molecular weight is 400 g/mol. The van der Waals surface area contributed by atoms with Gasteiger partial charge in [-0.2, -0.15) is 0 Å². The van der Waals surface area contributed by atoms with Crippen molar-refractivity contribution in [3.63, 3.8) is 0 Å². The Hall–Kier alpha value is -2.57. The van der Waals surface area contributed by atoms with Gasteiger partial charge in [0.05, 0.1) is 11.6 Å². The van der Waals surface area contributed by atoms with Crippen molar-refractivity contribution >= 4 is 23.3 Å². The fourth-order valence-electron chi connectivity index (χ4n) is 4.79. The molecule has 4 atom stereocenters. The molecule has 1 saturated heterocycles. The lowest BCUT2D eigenvalue weighted by Gasteiger charge is -2.40. The van der Waals surface area contributed by atoms with Gasteiger partial charge in [-0.1, -0.05) is 26.7 Å². The van der Waals surface area contributed by atoms with Gasteiger partial charge in [-0.05, 0) is 31.2 Å². The van der Waals surface area contributed by atoms with Crippen LogP contribution in [0.2, 0.25) is 0 Å². The first-order valence-electron chi connectivity index (χ1n) is 10.4. The predicted octanol–water partition coefficient (Wildman–Crippen LogP) is 3.23. The molecule has 1 saturated carbocycles. The van der Waals surface area contributed by atoms with Crippen LogP contribution in [0, 0.1) is 17.8 Å². The maximum Gasteiger partial charge on any atom is 0.231 e. The lowest BCUT2D eigenvalue weighted by molar-refractivity contribution is -0.131. The second-order valence-electron chi connectivity index (χ2n) is 8.58. The van der Waals surface area contributed by atoms with E-state index in [1.165, 1.54) is 13.3 Å². The van der Waals surface area contributed by atoms with Gasteiger partial charge in [0.2, 0.25) is 18.6 Å². The van der Waals surface area contributed by atoms with Crippen LogP contribution in [0.1, 0.15) is 56.8 Å². The van der Waals surface area contributed by atoms with Gasteiger partial charge in [-0.15, -0.1) is 0 Å². The van der Waals surface area contributed by atoms with E-state index in [9.17, 15) is 14.4 Å². The summed E-state index contributed by atoms with van der Waals surface area (Å²) in [4.78, 5) is 39.6. The van der Waals surface area contributed by atoms with Crippen LogP contribution < -0.4 is 14.8 Å². The van der Waals surface area contributed by atoms with Crippen molar-refractivity contribution in [1.29, 1.82) is 0 Å². The van der Waals surface area contributed by atoms with Gasteiger partial charge in [0, 0.05) is 30.6 Å². The molecule has 1 aromatic rings. The fraction of sp³-hybridized carbons (Fsp3) is 0.591. The van der Waals surface area contributed by atoms with Crippen LogP contribution in [0.3, 0.4) is 0 Å². The standard InChI is InChI=1S/C22H28N2O5/c1-12-5-4-6-18(13(12)2)24-10-15(7-21(24)26)22(27)23-17-9-20-19(28-11-29-20)8-16(17)14(3)25/h8-9,12-13,15,18H,4-7,10-11H2,1-3H3,(H,23,27)/t12-,13-,15-,18+/m1/s1. The number of hydrogen-bond acceptors (Lipinski definition) is 5. The van der Waals surface area contributed by atoms with E-state index in [0.717, 1.165) is 12.8 Å². The van der Waals surface area contributed by atoms with Crippen LogP contribution >= 0.6 is 0 Å². The summed E-state index contributed by atoms with van der Waals surface area (Å²) in [6, 6.07) is 3.43. The lowest BCUT2D eigenvalue weighted by atomic mass is 9.77. The summed E-state index contributed by atoms with van der Waals surface area (Å²) < 4.78 is 10.7. The van der Waals surface area contributed by atoms with Crippen molar-refractivity contribution in [2.75, 3.05) is 18.7 Å². The van der Waals surface area contributed by atoms with E-state index >= 15 is 0 Å². The molecule has 0 unspecified atom stereocenters. The number of nitrogens with one attached hydrogen (secondary N) is 1. The largest absolute Gasteiger partial charge is 0.454 e. The molecule has 7 nitrogen and oxygen atoms in total. The number of anilines is 1. The van der Waals surface area contributed by atoms with Gasteiger partial charge in [-0.25, -0.2) is 0 Å². The van der Waals surface area contributed by atoms with Gasteiger partial charge in [0.25, 0.3) is 0 Å². The quantitative estimate of drug-likeness (QED) is 0.785. The summed E-state index contributed by atoms with van der Waals surface area (Å²) in [5.74, 6) is 1.24. The maximum absolute atomic E-state index is 12.9. The number of amides is 2. The summed E-state index contributed by atoms with van der Waals surface area (Å²) in [5, 5.41) is 2.85. The van der Waals surface area contributed by atoms with Crippen molar-refractivity contribution in [2.24, 2.45) is 17.8 Å². The fourth-order valence-corrected chi connectivity index (χ4v) is 4.79. The van der Waals surface area contributed by atoms with Crippen LogP contribution in [0.4, 0.5) is 5.69 Å². The SMILES string of the molecule is CC(=O)c1cc2c(cc1NC(=O)[C@@H]1CC(=O)N([C@H]3CCC[C@@H](C)[C@H]3C)C1)OCO2. The Bertz CT molecular complexity index is 852. The summed E-state index contributed by atoms with van der Waals surface area (Å²) in [6.07, 6.45) is 3.53. The van der Waals surface area contributed by atoms with Crippen molar-refractivity contribution < 1.29 is 23.9 Å². The number of ketones is 1. The molecule has 1 aliphatic carbocycles.